The average molecular weight is 472 g/mol. The fourth-order valence-corrected chi connectivity index (χ4v) is 4.90. The summed E-state index contributed by atoms with van der Waals surface area (Å²) in [7, 11) is 0. The van der Waals surface area contributed by atoms with Crippen LogP contribution in [0.15, 0.2) is 58.7 Å². The lowest BCUT2D eigenvalue weighted by Gasteiger charge is -2.42. The number of rotatable bonds is 4. The molecule has 3 aliphatic rings. The van der Waals surface area contributed by atoms with Crippen LogP contribution >= 0.6 is 0 Å². The van der Waals surface area contributed by atoms with E-state index in [-0.39, 0.29) is 24.6 Å². The fraction of sp³-hybridized carbons (Fsp3) is 0.360. The predicted octanol–water partition coefficient (Wildman–Crippen LogP) is 4.33. The number of guanidine groups is 1. The topological polar surface area (TPSA) is 39.2 Å². The molecule has 3 heterocycles. The highest BCUT2D eigenvalue weighted by Gasteiger charge is 2.41. The van der Waals surface area contributed by atoms with E-state index in [4.69, 9.17) is 0 Å². The zero-order valence-electron chi connectivity index (χ0n) is 18.7. The van der Waals surface area contributed by atoms with Crippen LogP contribution in [0.1, 0.15) is 28.7 Å². The van der Waals surface area contributed by atoms with Crippen molar-refractivity contribution in [2.75, 3.05) is 26.2 Å². The lowest BCUT2D eigenvalue weighted by molar-refractivity contribution is -0.138. The van der Waals surface area contributed by atoms with Gasteiger partial charge in [0, 0.05) is 38.3 Å². The van der Waals surface area contributed by atoms with Crippen molar-refractivity contribution in [1.29, 1.82) is 0 Å². The highest BCUT2D eigenvalue weighted by Crippen LogP contribution is 2.35. The maximum absolute atomic E-state index is 13.6. The molecular formula is C25H24F4N4O. The first-order valence-corrected chi connectivity index (χ1v) is 11.2. The fourth-order valence-electron chi connectivity index (χ4n) is 4.90. The molecule has 0 bridgehead atoms. The Balaban J connectivity index is 1.42. The first-order valence-electron chi connectivity index (χ1n) is 11.2. The van der Waals surface area contributed by atoms with Crippen LogP contribution in [0.2, 0.25) is 0 Å². The molecule has 0 saturated carbocycles. The Bertz CT molecular complexity index is 1200. The van der Waals surface area contributed by atoms with Crippen molar-refractivity contribution in [2.45, 2.75) is 32.6 Å². The van der Waals surface area contributed by atoms with Crippen LogP contribution in [0.5, 0.6) is 0 Å². The van der Waals surface area contributed by atoms with E-state index in [1.165, 1.54) is 6.07 Å². The monoisotopic (exact) mass is 472 g/mol. The maximum atomic E-state index is 13.6. The Kier molecular flexibility index (Phi) is 5.67. The van der Waals surface area contributed by atoms with Crippen molar-refractivity contribution in [1.82, 2.24) is 14.7 Å². The van der Waals surface area contributed by atoms with Gasteiger partial charge in [-0.2, -0.15) is 13.2 Å². The molecule has 1 amide bonds. The van der Waals surface area contributed by atoms with E-state index in [1.54, 1.807) is 4.90 Å². The number of nitrogens with zero attached hydrogens (tertiary/aromatic N) is 4. The largest absolute Gasteiger partial charge is 0.416 e. The number of fused-ring (bicyclic) bond motifs is 2. The molecule has 0 atom stereocenters. The van der Waals surface area contributed by atoms with Crippen molar-refractivity contribution in [2.24, 2.45) is 4.99 Å². The number of carbonyl (C=O) groups excluding carboxylic acids is 1. The van der Waals surface area contributed by atoms with E-state index in [1.807, 2.05) is 36.1 Å². The summed E-state index contributed by atoms with van der Waals surface area (Å²) in [6, 6.07) is 10.6. The summed E-state index contributed by atoms with van der Waals surface area (Å²) in [5.41, 5.74) is 2.62. The third kappa shape index (κ3) is 4.09. The van der Waals surface area contributed by atoms with Gasteiger partial charge in [-0.25, -0.2) is 4.39 Å². The third-order valence-corrected chi connectivity index (χ3v) is 6.64. The van der Waals surface area contributed by atoms with Gasteiger partial charge in [0.2, 0.25) is 5.96 Å². The molecule has 178 valence electrons. The number of hydrogen-bond donors (Lipinski definition) is 0. The maximum Gasteiger partial charge on any atom is 0.416 e. The summed E-state index contributed by atoms with van der Waals surface area (Å²) in [6.07, 6.45) is -4.11. The van der Waals surface area contributed by atoms with Crippen LogP contribution < -0.4 is 0 Å². The molecule has 0 N–H and O–H groups in total. The lowest BCUT2D eigenvalue weighted by Crippen LogP contribution is -2.53. The standard InChI is InChI=1S/C25H24F4N4O/c1-16-4-2-3-5-17(16)14-33-23(34)20-15-31(10-8-22(20)32-11-9-30-24(32)33)13-18-6-7-19(26)12-21(18)25(27,28)29/h2-7,12H,8-11,13-15H2,1H3. The number of aliphatic imine (C=N–C) groups is 1. The summed E-state index contributed by atoms with van der Waals surface area (Å²) in [4.78, 5) is 23.7. The minimum atomic E-state index is -4.65. The second-order valence-corrected chi connectivity index (χ2v) is 8.84. The van der Waals surface area contributed by atoms with Crippen molar-refractivity contribution in [3.8, 4) is 0 Å². The molecular weight excluding hydrogens is 448 g/mol. The summed E-state index contributed by atoms with van der Waals surface area (Å²) in [5.74, 6) is -0.428. The Morgan fingerprint density at radius 2 is 1.82 bits per heavy atom. The Labute approximate surface area is 195 Å². The Morgan fingerprint density at radius 1 is 1.03 bits per heavy atom. The zero-order valence-corrected chi connectivity index (χ0v) is 18.7. The van der Waals surface area contributed by atoms with E-state index >= 15 is 0 Å². The van der Waals surface area contributed by atoms with E-state index < -0.39 is 17.6 Å². The molecule has 0 spiro atoms. The molecule has 5 rings (SSSR count). The van der Waals surface area contributed by atoms with Crippen LogP contribution in [0.4, 0.5) is 17.6 Å². The van der Waals surface area contributed by atoms with Gasteiger partial charge in [0.05, 0.1) is 24.2 Å². The number of hydrogen-bond acceptors (Lipinski definition) is 4. The molecule has 5 nitrogen and oxygen atoms in total. The van der Waals surface area contributed by atoms with Gasteiger partial charge in [-0.3, -0.25) is 19.6 Å². The normalized spacial score (nSPS) is 18.9. The molecule has 2 aromatic rings. The molecule has 34 heavy (non-hydrogen) atoms. The van der Waals surface area contributed by atoms with Crippen LogP contribution in [0, 0.1) is 12.7 Å². The van der Waals surface area contributed by atoms with E-state index in [2.05, 4.69) is 9.89 Å². The van der Waals surface area contributed by atoms with Gasteiger partial charge in [0.15, 0.2) is 0 Å². The van der Waals surface area contributed by atoms with Crippen LogP contribution in [0.25, 0.3) is 0 Å². The van der Waals surface area contributed by atoms with Crippen LogP contribution in [-0.4, -0.2) is 52.7 Å². The first kappa shape index (κ1) is 22.6. The molecule has 0 unspecified atom stereocenters. The number of alkyl halides is 3. The average Bonchev–Trinajstić information content (AvgIpc) is 3.28. The SMILES string of the molecule is Cc1ccccc1CN1C(=O)C2=C(CCN(Cc3ccc(F)cc3C(F)(F)F)C2)N2CCN=C12. The molecule has 9 heteroatoms. The van der Waals surface area contributed by atoms with Crippen LogP contribution in [0.3, 0.4) is 0 Å². The number of benzene rings is 2. The molecule has 0 aliphatic carbocycles. The predicted molar refractivity (Wildman–Crippen MR) is 119 cm³/mol. The van der Waals surface area contributed by atoms with Crippen molar-refractivity contribution in [3.05, 3.63) is 81.8 Å². The van der Waals surface area contributed by atoms with Gasteiger partial charge in [-0.15, -0.1) is 0 Å². The molecule has 0 fully saturated rings. The molecule has 0 radical (unpaired) electrons. The molecule has 2 aromatic carbocycles. The Morgan fingerprint density at radius 3 is 2.59 bits per heavy atom. The first-order chi connectivity index (χ1) is 16.2. The zero-order chi connectivity index (χ0) is 24.0. The summed E-state index contributed by atoms with van der Waals surface area (Å²) >= 11 is 0. The molecule has 3 aliphatic heterocycles. The van der Waals surface area contributed by atoms with E-state index in [9.17, 15) is 22.4 Å². The number of halogens is 4. The van der Waals surface area contributed by atoms with E-state index in [0.717, 1.165) is 22.9 Å². The number of amides is 1. The minimum Gasteiger partial charge on any atom is -0.314 e. The van der Waals surface area contributed by atoms with Gasteiger partial charge in [-0.1, -0.05) is 30.3 Å². The number of carbonyl (C=O) groups is 1. The Hall–Kier alpha value is -3.20. The second-order valence-electron chi connectivity index (χ2n) is 8.84. The summed E-state index contributed by atoms with van der Waals surface area (Å²) in [5, 5.41) is 0. The molecule has 0 aromatic heterocycles. The van der Waals surface area contributed by atoms with Crippen molar-refractivity contribution < 1.29 is 22.4 Å². The van der Waals surface area contributed by atoms with E-state index in [0.29, 0.717) is 50.2 Å². The summed E-state index contributed by atoms with van der Waals surface area (Å²) < 4.78 is 53.9. The lowest BCUT2D eigenvalue weighted by atomic mass is 9.98. The highest BCUT2D eigenvalue weighted by molar-refractivity contribution is 6.09. The third-order valence-electron chi connectivity index (χ3n) is 6.64. The van der Waals surface area contributed by atoms with Gasteiger partial charge in [-0.05, 0) is 35.7 Å². The molecule has 0 saturated heterocycles. The van der Waals surface area contributed by atoms with Gasteiger partial charge in [0.25, 0.3) is 5.91 Å². The second kappa shape index (κ2) is 8.54. The van der Waals surface area contributed by atoms with Gasteiger partial charge in [0.1, 0.15) is 5.82 Å². The number of aryl methyl sites for hydroxylation is 1. The van der Waals surface area contributed by atoms with Crippen LogP contribution in [-0.2, 0) is 24.1 Å². The smallest absolute Gasteiger partial charge is 0.314 e. The summed E-state index contributed by atoms with van der Waals surface area (Å²) in [6.45, 7) is 4.37. The quantitative estimate of drug-likeness (QED) is 0.622. The minimum absolute atomic E-state index is 0.00130. The highest BCUT2D eigenvalue weighted by atomic mass is 19.4. The van der Waals surface area contributed by atoms with Crippen molar-refractivity contribution >= 4 is 11.9 Å². The van der Waals surface area contributed by atoms with Crippen molar-refractivity contribution in [3.63, 3.8) is 0 Å². The van der Waals surface area contributed by atoms with Gasteiger partial charge < -0.3 is 4.90 Å². The van der Waals surface area contributed by atoms with Gasteiger partial charge >= 0.3 is 6.18 Å².